The quantitative estimate of drug-likeness (QED) is 0.666. The molecule has 0 aliphatic carbocycles. The van der Waals surface area contributed by atoms with Crippen molar-refractivity contribution in [2.24, 2.45) is 0 Å². The van der Waals surface area contributed by atoms with Gasteiger partial charge in [0.05, 0.1) is 6.42 Å². The fourth-order valence-corrected chi connectivity index (χ4v) is 1.30. The summed E-state index contributed by atoms with van der Waals surface area (Å²) in [5.41, 5.74) is 0. The third kappa shape index (κ3) is 6.75. The van der Waals surface area contributed by atoms with Gasteiger partial charge in [-0.05, 0) is 15.9 Å². The second-order valence-corrected chi connectivity index (χ2v) is 3.36. The van der Waals surface area contributed by atoms with Gasteiger partial charge in [0.2, 0.25) is 0 Å². The van der Waals surface area contributed by atoms with E-state index in [0.29, 0.717) is 0 Å². The fourth-order valence-electron chi connectivity index (χ4n) is 0.175. The van der Waals surface area contributed by atoms with Crippen LogP contribution in [-0.4, -0.2) is 9.91 Å². The van der Waals surface area contributed by atoms with Crippen LogP contribution >= 0.6 is 31.9 Å². The zero-order chi connectivity index (χ0) is 6.78. The molecule has 50 valence electrons. The number of halogens is 5. The molecule has 1 atom stereocenters. The molecule has 0 aromatic heterocycles. The Morgan fingerprint density at radius 3 is 1.88 bits per heavy atom. The molecule has 0 aliphatic heterocycles. The summed E-state index contributed by atoms with van der Waals surface area (Å²) in [6, 6.07) is 0. The molecule has 0 fully saturated rings. The van der Waals surface area contributed by atoms with Crippen LogP contribution in [0.5, 0.6) is 0 Å². The second-order valence-electron chi connectivity index (χ2n) is 1.21. The summed E-state index contributed by atoms with van der Waals surface area (Å²) in [6.45, 7) is 0. The van der Waals surface area contributed by atoms with E-state index in [1.807, 2.05) is 15.9 Å². The predicted molar refractivity (Wildman–Crippen MR) is 32.3 cm³/mol. The summed E-state index contributed by atoms with van der Waals surface area (Å²) in [5, 5.41) is -1.64. The monoisotopic (exact) mass is 254 g/mol. The Bertz CT molecular complexity index is 67.4. The molecule has 1 unspecified atom stereocenters. The van der Waals surface area contributed by atoms with Crippen LogP contribution < -0.4 is 0 Å². The minimum Gasteiger partial charge on any atom is -0.235 e. The van der Waals surface area contributed by atoms with E-state index in [4.69, 9.17) is 0 Å². The molecule has 0 amide bonds. The van der Waals surface area contributed by atoms with Gasteiger partial charge in [0.15, 0.2) is 5.08 Å². The summed E-state index contributed by atoms with van der Waals surface area (Å²) in [5.74, 6) is 0. The maximum Gasteiger partial charge on any atom is 0.305 e. The summed E-state index contributed by atoms with van der Waals surface area (Å²) >= 11 is 4.31. The SMILES string of the molecule is FC(Br)CC(F)(F)Br. The van der Waals surface area contributed by atoms with Gasteiger partial charge >= 0.3 is 4.83 Å². The van der Waals surface area contributed by atoms with Crippen LogP contribution in [0.25, 0.3) is 0 Å². The van der Waals surface area contributed by atoms with Crippen LogP contribution in [-0.2, 0) is 0 Å². The van der Waals surface area contributed by atoms with E-state index >= 15 is 0 Å². The molecule has 0 aromatic carbocycles. The molecule has 0 aromatic rings. The van der Waals surface area contributed by atoms with Gasteiger partial charge in [0.1, 0.15) is 0 Å². The molecule has 8 heavy (non-hydrogen) atoms. The zero-order valence-electron chi connectivity index (χ0n) is 3.67. The highest BCUT2D eigenvalue weighted by Crippen LogP contribution is 2.30. The largest absolute Gasteiger partial charge is 0.305 e. The number of hydrogen-bond acceptors (Lipinski definition) is 0. The van der Waals surface area contributed by atoms with Crippen molar-refractivity contribution in [3.63, 3.8) is 0 Å². The van der Waals surface area contributed by atoms with E-state index in [0.717, 1.165) is 0 Å². The molecule has 0 heterocycles. The Labute approximate surface area is 61.7 Å². The van der Waals surface area contributed by atoms with Crippen molar-refractivity contribution in [3.8, 4) is 0 Å². The molecular weight excluding hydrogens is 253 g/mol. The van der Waals surface area contributed by atoms with Crippen molar-refractivity contribution in [1.29, 1.82) is 0 Å². The first kappa shape index (κ1) is 8.75. The van der Waals surface area contributed by atoms with Gasteiger partial charge in [-0.2, -0.15) is 8.78 Å². The van der Waals surface area contributed by atoms with Crippen molar-refractivity contribution in [1.82, 2.24) is 0 Å². The summed E-state index contributed by atoms with van der Waals surface area (Å²) in [4.78, 5) is -3.09. The van der Waals surface area contributed by atoms with Crippen LogP contribution in [0.15, 0.2) is 0 Å². The summed E-state index contributed by atoms with van der Waals surface area (Å²) in [6.07, 6.45) is -0.840. The van der Waals surface area contributed by atoms with Crippen LogP contribution in [0.2, 0.25) is 0 Å². The lowest BCUT2D eigenvalue weighted by Gasteiger charge is -2.05. The highest BCUT2D eigenvalue weighted by molar-refractivity contribution is 9.10. The average Bonchev–Trinajstić information content (AvgIpc) is 1.21. The molecule has 0 saturated heterocycles. The highest BCUT2D eigenvalue weighted by Gasteiger charge is 2.27. The molecule has 0 saturated carbocycles. The second kappa shape index (κ2) is 3.06. The lowest BCUT2D eigenvalue weighted by atomic mass is 10.5. The molecule has 0 spiro atoms. The highest BCUT2D eigenvalue weighted by atomic mass is 79.9. The third-order valence-electron chi connectivity index (χ3n) is 0.386. The Morgan fingerprint density at radius 1 is 1.50 bits per heavy atom. The zero-order valence-corrected chi connectivity index (χ0v) is 6.85. The first-order chi connectivity index (χ1) is 3.42. The summed E-state index contributed by atoms with van der Waals surface area (Å²) < 4.78 is 34.8. The van der Waals surface area contributed by atoms with Crippen LogP contribution in [0.3, 0.4) is 0 Å². The van der Waals surface area contributed by atoms with Crippen molar-refractivity contribution in [2.45, 2.75) is 16.3 Å². The lowest BCUT2D eigenvalue weighted by Crippen LogP contribution is -2.08. The minimum atomic E-state index is -3.09. The van der Waals surface area contributed by atoms with E-state index in [1.54, 1.807) is 0 Å². The fraction of sp³-hybridized carbons (Fsp3) is 1.00. The molecule has 0 aliphatic rings. The van der Waals surface area contributed by atoms with Crippen molar-refractivity contribution < 1.29 is 13.2 Å². The maximum absolute atomic E-state index is 11.6. The van der Waals surface area contributed by atoms with Gasteiger partial charge in [0.25, 0.3) is 0 Å². The molecule has 0 N–H and O–H groups in total. The van der Waals surface area contributed by atoms with Crippen LogP contribution in [0.4, 0.5) is 13.2 Å². The first-order valence-electron chi connectivity index (χ1n) is 1.77. The van der Waals surface area contributed by atoms with Crippen LogP contribution in [0.1, 0.15) is 6.42 Å². The van der Waals surface area contributed by atoms with E-state index in [-0.39, 0.29) is 0 Å². The van der Waals surface area contributed by atoms with Gasteiger partial charge < -0.3 is 0 Å². The van der Waals surface area contributed by atoms with E-state index in [2.05, 4.69) is 15.9 Å². The van der Waals surface area contributed by atoms with Crippen molar-refractivity contribution in [3.05, 3.63) is 0 Å². The molecule has 0 radical (unpaired) electrons. The predicted octanol–water partition coefficient (Wildman–Crippen LogP) is 3.05. The Kier molecular flexibility index (Phi) is 3.34. The third-order valence-corrected chi connectivity index (χ3v) is 1.03. The van der Waals surface area contributed by atoms with Gasteiger partial charge in [-0.25, -0.2) is 4.39 Å². The van der Waals surface area contributed by atoms with Crippen molar-refractivity contribution >= 4 is 31.9 Å². The number of rotatable bonds is 2. The van der Waals surface area contributed by atoms with E-state index in [1.165, 1.54) is 0 Å². The Balaban J connectivity index is 3.39. The maximum atomic E-state index is 11.6. The Morgan fingerprint density at radius 2 is 1.88 bits per heavy atom. The topological polar surface area (TPSA) is 0 Å². The number of alkyl halides is 5. The number of hydrogen-bond donors (Lipinski definition) is 0. The van der Waals surface area contributed by atoms with Crippen LogP contribution in [0, 0.1) is 0 Å². The summed E-state index contributed by atoms with van der Waals surface area (Å²) in [7, 11) is 0. The standard InChI is InChI=1S/C3H3Br2F3/c4-2(6)1-3(5,7)8/h2H,1H2. The minimum absolute atomic E-state index is 0.840. The molecule has 0 nitrogen and oxygen atoms in total. The van der Waals surface area contributed by atoms with Gasteiger partial charge in [-0.15, -0.1) is 0 Å². The van der Waals surface area contributed by atoms with Gasteiger partial charge in [-0.3, -0.25) is 0 Å². The average molecular weight is 256 g/mol. The first-order valence-corrected chi connectivity index (χ1v) is 3.47. The van der Waals surface area contributed by atoms with E-state index < -0.39 is 16.3 Å². The Hall–Kier alpha value is 0.750. The molecular formula is C3H3Br2F3. The smallest absolute Gasteiger partial charge is 0.235 e. The lowest BCUT2D eigenvalue weighted by molar-refractivity contribution is 0.0906. The van der Waals surface area contributed by atoms with Gasteiger partial charge in [-0.1, -0.05) is 15.9 Å². The molecule has 5 heteroatoms. The molecule has 0 bridgehead atoms. The normalized spacial score (nSPS) is 16.1. The van der Waals surface area contributed by atoms with E-state index in [9.17, 15) is 13.2 Å². The van der Waals surface area contributed by atoms with Gasteiger partial charge in [0, 0.05) is 0 Å². The molecule has 0 rings (SSSR count). The van der Waals surface area contributed by atoms with Crippen molar-refractivity contribution in [2.75, 3.05) is 0 Å².